The van der Waals surface area contributed by atoms with Crippen LogP contribution in [-0.2, 0) is 6.54 Å². The highest BCUT2D eigenvalue weighted by Gasteiger charge is 1.97. The van der Waals surface area contributed by atoms with E-state index in [1.807, 2.05) is 6.07 Å². The number of unbranched alkanes of at least 4 members (excludes halogenated alkanes) is 2. The number of alkyl halides is 1. The van der Waals surface area contributed by atoms with Crippen LogP contribution in [0.2, 0.25) is 5.02 Å². The Kier molecular flexibility index (Phi) is 6.98. The van der Waals surface area contributed by atoms with Crippen molar-refractivity contribution in [3.63, 3.8) is 0 Å². The topological polar surface area (TPSA) is 24.9 Å². The average Bonchev–Trinajstić information content (AvgIpc) is 2.25. The largest absolute Gasteiger partial charge is 0.313 e. The second kappa shape index (κ2) is 8.08. The van der Waals surface area contributed by atoms with Gasteiger partial charge in [-0.3, -0.25) is 4.98 Å². The molecular weight excluding hydrogens is 275 g/mol. The monoisotopic (exact) mass is 290 g/mol. The van der Waals surface area contributed by atoms with Crippen molar-refractivity contribution < 1.29 is 0 Å². The molecule has 1 rings (SSSR count). The minimum atomic E-state index is 0.741. The predicted octanol–water partition coefficient (Wildman–Crippen LogP) is 3.39. The van der Waals surface area contributed by atoms with Crippen LogP contribution in [0.15, 0.2) is 18.5 Å². The number of pyridine rings is 1. The number of halogens is 2. The molecule has 0 atom stereocenters. The third-order valence-electron chi connectivity index (χ3n) is 2.16. The third-order valence-corrected chi connectivity index (χ3v) is 3.06. The minimum absolute atomic E-state index is 0.741. The van der Waals surface area contributed by atoms with E-state index in [2.05, 4.69) is 26.2 Å². The Morgan fingerprint density at radius 1 is 1.33 bits per heavy atom. The molecule has 0 saturated carbocycles. The Balaban J connectivity index is 2.12. The number of nitrogens with one attached hydrogen (secondary N) is 1. The number of aromatic nitrogens is 1. The van der Waals surface area contributed by atoms with Gasteiger partial charge in [0, 0.05) is 24.3 Å². The Morgan fingerprint density at radius 3 is 2.93 bits per heavy atom. The van der Waals surface area contributed by atoms with Crippen LogP contribution in [0.3, 0.4) is 0 Å². The van der Waals surface area contributed by atoms with Crippen LogP contribution in [0.25, 0.3) is 0 Å². The molecule has 0 amide bonds. The molecule has 1 aromatic rings. The molecule has 4 heteroatoms. The maximum absolute atomic E-state index is 5.98. The van der Waals surface area contributed by atoms with Crippen molar-refractivity contribution in [2.75, 3.05) is 11.9 Å². The van der Waals surface area contributed by atoms with E-state index in [0.29, 0.717) is 0 Å². The van der Waals surface area contributed by atoms with E-state index < -0.39 is 0 Å². The molecule has 1 N–H and O–H groups in total. The normalized spacial score (nSPS) is 10.5. The molecule has 0 spiro atoms. The summed E-state index contributed by atoms with van der Waals surface area (Å²) in [5, 5.41) is 5.22. The summed E-state index contributed by atoms with van der Waals surface area (Å²) in [6.45, 7) is 1.88. The lowest BCUT2D eigenvalue weighted by molar-refractivity contribution is 0.619. The van der Waals surface area contributed by atoms with Gasteiger partial charge in [0.1, 0.15) is 0 Å². The van der Waals surface area contributed by atoms with Gasteiger partial charge in [0.15, 0.2) is 0 Å². The molecule has 15 heavy (non-hydrogen) atoms. The SMILES string of the molecule is Clc1cnccc1CNCCCCCBr. The first-order valence-corrected chi connectivity index (χ1v) is 6.69. The fourth-order valence-electron chi connectivity index (χ4n) is 1.29. The van der Waals surface area contributed by atoms with Gasteiger partial charge < -0.3 is 5.32 Å². The number of hydrogen-bond acceptors (Lipinski definition) is 2. The van der Waals surface area contributed by atoms with Gasteiger partial charge >= 0.3 is 0 Å². The Bertz CT molecular complexity index is 281. The van der Waals surface area contributed by atoms with Crippen molar-refractivity contribution in [3.8, 4) is 0 Å². The summed E-state index contributed by atoms with van der Waals surface area (Å²) in [5.74, 6) is 0. The smallest absolute Gasteiger partial charge is 0.0634 e. The minimum Gasteiger partial charge on any atom is -0.313 e. The molecule has 1 aromatic heterocycles. The van der Waals surface area contributed by atoms with Gasteiger partial charge in [-0.2, -0.15) is 0 Å². The van der Waals surface area contributed by atoms with Gasteiger partial charge in [-0.05, 0) is 31.0 Å². The lowest BCUT2D eigenvalue weighted by Crippen LogP contribution is -2.14. The lowest BCUT2D eigenvalue weighted by atomic mass is 10.2. The first-order valence-electron chi connectivity index (χ1n) is 5.19. The summed E-state index contributed by atoms with van der Waals surface area (Å²) < 4.78 is 0. The van der Waals surface area contributed by atoms with Crippen molar-refractivity contribution >= 4 is 27.5 Å². The van der Waals surface area contributed by atoms with E-state index in [1.54, 1.807) is 12.4 Å². The van der Waals surface area contributed by atoms with Crippen LogP contribution in [0.4, 0.5) is 0 Å². The number of nitrogens with zero attached hydrogens (tertiary/aromatic N) is 1. The Morgan fingerprint density at radius 2 is 2.20 bits per heavy atom. The quantitative estimate of drug-likeness (QED) is 0.615. The molecule has 0 aliphatic carbocycles. The molecule has 0 saturated heterocycles. The lowest BCUT2D eigenvalue weighted by Gasteiger charge is -2.05. The summed E-state index contributed by atoms with van der Waals surface area (Å²) in [4.78, 5) is 3.95. The molecule has 0 unspecified atom stereocenters. The van der Waals surface area contributed by atoms with E-state index in [0.717, 1.165) is 29.0 Å². The van der Waals surface area contributed by atoms with Crippen LogP contribution in [0, 0.1) is 0 Å². The molecule has 0 fully saturated rings. The second-order valence-electron chi connectivity index (χ2n) is 3.39. The average molecular weight is 292 g/mol. The van der Waals surface area contributed by atoms with Gasteiger partial charge in [-0.25, -0.2) is 0 Å². The van der Waals surface area contributed by atoms with Gasteiger partial charge in [0.25, 0.3) is 0 Å². The fraction of sp³-hybridized carbons (Fsp3) is 0.545. The number of rotatable bonds is 7. The van der Waals surface area contributed by atoms with Crippen LogP contribution in [0.5, 0.6) is 0 Å². The molecule has 0 radical (unpaired) electrons. The van der Waals surface area contributed by atoms with Crippen molar-refractivity contribution in [2.45, 2.75) is 25.8 Å². The highest BCUT2D eigenvalue weighted by atomic mass is 79.9. The zero-order valence-corrected chi connectivity index (χ0v) is 11.0. The van der Waals surface area contributed by atoms with Crippen LogP contribution >= 0.6 is 27.5 Å². The Hall–Kier alpha value is -0.120. The highest BCUT2D eigenvalue weighted by molar-refractivity contribution is 9.09. The van der Waals surface area contributed by atoms with Gasteiger partial charge in [0.05, 0.1) is 5.02 Å². The summed E-state index contributed by atoms with van der Waals surface area (Å²) in [5.41, 5.74) is 1.12. The maximum atomic E-state index is 5.98. The van der Waals surface area contributed by atoms with Gasteiger partial charge in [-0.1, -0.05) is 34.0 Å². The van der Waals surface area contributed by atoms with Crippen molar-refractivity contribution in [1.82, 2.24) is 10.3 Å². The van der Waals surface area contributed by atoms with Crippen molar-refractivity contribution in [1.29, 1.82) is 0 Å². The van der Waals surface area contributed by atoms with E-state index in [-0.39, 0.29) is 0 Å². The van der Waals surface area contributed by atoms with E-state index >= 15 is 0 Å². The third kappa shape index (κ3) is 5.50. The molecule has 0 aromatic carbocycles. The van der Waals surface area contributed by atoms with Crippen molar-refractivity contribution in [3.05, 3.63) is 29.0 Å². The van der Waals surface area contributed by atoms with Crippen LogP contribution in [-0.4, -0.2) is 16.9 Å². The zero-order valence-electron chi connectivity index (χ0n) is 8.68. The molecule has 0 bridgehead atoms. The molecular formula is C11H16BrClN2. The molecule has 1 heterocycles. The molecule has 0 aliphatic rings. The van der Waals surface area contributed by atoms with Gasteiger partial charge in [0.2, 0.25) is 0 Å². The molecule has 84 valence electrons. The van der Waals surface area contributed by atoms with Crippen LogP contribution < -0.4 is 5.32 Å². The second-order valence-corrected chi connectivity index (χ2v) is 4.59. The highest BCUT2D eigenvalue weighted by Crippen LogP contribution is 2.12. The van der Waals surface area contributed by atoms with E-state index in [9.17, 15) is 0 Å². The van der Waals surface area contributed by atoms with Gasteiger partial charge in [-0.15, -0.1) is 0 Å². The first-order chi connectivity index (χ1) is 7.34. The van der Waals surface area contributed by atoms with E-state index in [4.69, 9.17) is 11.6 Å². The first kappa shape index (κ1) is 12.9. The molecule has 0 aliphatic heterocycles. The number of hydrogen-bond donors (Lipinski definition) is 1. The Labute approximate surface area is 105 Å². The standard InChI is InChI=1S/C11H16BrClN2/c12-5-2-1-3-6-14-8-10-4-7-15-9-11(10)13/h4,7,9,14H,1-3,5-6,8H2. The van der Waals surface area contributed by atoms with E-state index in [1.165, 1.54) is 19.3 Å². The summed E-state index contributed by atoms with van der Waals surface area (Å²) in [6.07, 6.45) is 7.19. The fourth-order valence-corrected chi connectivity index (χ4v) is 1.87. The predicted molar refractivity (Wildman–Crippen MR) is 68.6 cm³/mol. The van der Waals surface area contributed by atoms with Crippen molar-refractivity contribution in [2.24, 2.45) is 0 Å². The maximum Gasteiger partial charge on any atom is 0.0634 e. The van der Waals surface area contributed by atoms with Crippen LogP contribution in [0.1, 0.15) is 24.8 Å². The molecule has 2 nitrogen and oxygen atoms in total. The zero-order chi connectivity index (χ0) is 10.9. The summed E-state index contributed by atoms with van der Waals surface area (Å²) >= 11 is 9.40. The summed E-state index contributed by atoms with van der Waals surface area (Å²) in [7, 11) is 0. The summed E-state index contributed by atoms with van der Waals surface area (Å²) in [6, 6.07) is 1.95.